The summed E-state index contributed by atoms with van der Waals surface area (Å²) < 4.78 is 40.2. The van der Waals surface area contributed by atoms with Crippen LogP contribution < -0.4 is 5.32 Å². The molecular formula is C22H27F3N4O. The Balaban J connectivity index is 1.47. The van der Waals surface area contributed by atoms with E-state index in [4.69, 9.17) is 0 Å². The van der Waals surface area contributed by atoms with Crippen LogP contribution in [0.25, 0.3) is 0 Å². The smallest absolute Gasteiger partial charge is 0.337 e. The van der Waals surface area contributed by atoms with Gasteiger partial charge in [0.1, 0.15) is 0 Å². The van der Waals surface area contributed by atoms with E-state index in [9.17, 15) is 18.0 Å². The number of benzene rings is 1. The van der Waals surface area contributed by atoms with Gasteiger partial charge in [-0.2, -0.15) is 18.3 Å². The molecule has 2 aliphatic rings. The fourth-order valence-electron chi connectivity index (χ4n) is 5.26. The summed E-state index contributed by atoms with van der Waals surface area (Å²) in [6.07, 6.45) is -2.25. The van der Waals surface area contributed by atoms with Crippen molar-refractivity contribution in [1.29, 1.82) is 0 Å². The fourth-order valence-corrected chi connectivity index (χ4v) is 5.26. The first-order chi connectivity index (χ1) is 14.3. The van der Waals surface area contributed by atoms with E-state index in [1.165, 1.54) is 12.1 Å². The third-order valence-electron chi connectivity index (χ3n) is 6.61. The standard InChI is InChI=1S/C22H27F3N4O/c1-3-16-19(10-26-2)27-28-20(16)21(30)29-11-14-8-13(9-15(14)12-29)17-6-4-5-7-18(17)22(23,24)25/h4-7,13-15,26H,3,8-12H2,1-2H3,(H,27,28). The number of fused-ring (bicyclic) bond motifs is 1. The molecule has 0 bridgehead atoms. The van der Waals surface area contributed by atoms with E-state index in [-0.39, 0.29) is 23.7 Å². The summed E-state index contributed by atoms with van der Waals surface area (Å²) >= 11 is 0. The maximum Gasteiger partial charge on any atom is 0.416 e. The van der Waals surface area contributed by atoms with Crippen molar-refractivity contribution in [3.8, 4) is 0 Å². The predicted octanol–water partition coefficient (Wildman–Crippen LogP) is 3.98. The maximum absolute atomic E-state index is 13.4. The zero-order valence-electron chi connectivity index (χ0n) is 17.2. The number of alkyl halides is 3. The summed E-state index contributed by atoms with van der Waals surface area (Å²) in [5.74, 6) is 0.295. The van der Waals surface area contributed by atoms with Gasteiger partial charge in [-0.1, -0.05) is 25.1 Å². The normalized spacial score (nSPS) is 23.8. The number of rotatable bonds is 5. The van der Waals surface area contributed by atoms with Crippen molar-refractivity contribution in [2.75, 3.05) is 20.1 Å². The van der Waals surface area contributed by atoms with Gasteiger partial charge in [0.15, 0.2) is 5.69 Å². The number of hydrogen-bond donors (Lipinski definition) is 2. The molecule has 2 unspecified atom stereocenters. The minimum atomic E-state index is -4.34. The van der Waals surface area contributed by atoms with Gasteiger partial charge in [-0.25, -0.2) is 0 Å². The van der Waals surface area contributed by atoms with Gasteiger partial charge in [0.25, 0.3) is 5.91 Å². The van der Waals surface area contributed by atoms with Crippen LogP contribution in [0, 0.1) is 11.8 Å². The SMILES string of the molecule is CCc1c(C(=O)N2CC3CC(c4ccccc4C(F)(F)F)CC3C2)n[nH]c1CNC. The number of H-pyrrole nitrogens is 1. The summed E-state index contributed by atoms with van der Waals surface area (Å²) in [4.78, 5) is 14.9. The average Bonchev–Trinajstić information content (AvgIpc) is 3.40. The van der Waals surface area contributed by atoms with E-state index in [2.05, 4.69) is 15.5 Å². The van der Waals surface area contributed by atoms with Gasteiger partial charge in [-0.05, 0) is 55.7 Å². The molecule has 162 valence electrons. The third-order valence-corrected chi connectivity index (χ3v) is 6.61. The summed E-state index contributed by atoms with van der Waals surface area (Å²) in [6.45, 7) is 3.80. The molecule has 4 rings (SSSR count). The van der Waals surface area contributed by atoms with Crippen LogP contribution in [0.1, 0.15) is 58.6 Å². The molecule has 1 aromatic carbocycles. The Morgan fingerprint density at radius 3 is 2.50 bits per heavy atom. The second kappa shape index (κ2) is 8.06. The highest BCUT2D eigenvalue weighted by atomic mass is 19.4. The summed E-state index contributed by atoms with van der Waals surface area (Å²) in [6, 6.07) is 5.91. The molecule has 1 amide bonds. The number of aromatic nitrogens is 2. The highest BCUT2D eigenvalue weighted by Crippen LogP contribution is 2.49. The van der Waals surface area contributed by atoms with E-state index < -0.39 is 11.7 Å². The molecule has 8 heteroatoms. The molecule has 2 atom stereocenters. The van der Waals surface area contributed by atoms with Crippen molar-refractivity contribution in [1.82, 2.24) is 20.4 Å². The zero-order valence-corrected chi connectivity index (χ0v) is 17.2. The fraction of sp³-hybridized carbons (Fsp3) is 0.545. The molecule has 1 aromatic heterocycles. The predicted molar refractivity (Wildman–Crippen MR) is 107 cm³/mol. The molecule has 5 nitrogen and oxygen atoms in total. The van der Waals surface area contributed by atoms with E-state index in [1.54, 1.807) is 12.1 Å². The Morgan fingerprint density at radius 1 is 1.23 bits per heavy atom. The number of amides is 1. The molecular weight excluding hydrogens is 393 g/mol. The van der Waals surface area contributed by atoms with E-state index in [1.807, 2.05) is 18.9 Å². The van der Waals surface area contributed by atoms with Crippen LogP contribution >= 0.6 is 0 Å². The summed E-state index contributed by atoms with van der Waals surface area (Å²) in [7, 11) is 1.84. The Hall–Kier alpha value is -2.35. The van der Waals surface area contributed by atoms with Crippen LogP contribution in [0.15, 0.2) is 24.3 Å². The largest absolute Gasteiger partial charge is 0.416 e. The topological polar surface area (TPSA) is 61.0 Å². The Kier molecular flexibility index (Phi) is 5.61. The molecule has 2 N–H and O–H groups in total. The number of aromatic amines is 1. The van der Waals surface area contributed by atoms with Crippen LogP contribution in [0.5, 0.6) is 0 Å². The highest BCUT2D eigenvalue weighted by Gasteiger charge is 2.45. The van der Waals surface area contributed by atoms with Gasteiger partial charge in [0.05, 0.1) is 11.3 Å². The minimum Gasteiger partial charge on any atom is -0.337 e. The van der Waals surface area contributed by atoms with Crippen molar-refractivity contribution >= 4 is 5.91 Å². The second-order valence-corrected chi connectivity index (χ2v) is 8.40. The monoisotopic (exact) mass is 420 g/mol. The number of carbonyl (C=O) groups excluding carboxylic acids is 1. The molecule has 1 aliphatic carbocycles. The van der Waals surface area contributed by atoms with Crippen LogP contribution in [0.3, 0.4) is 0 Å². The van der Waals surface area contributed by atoms with Crippen molar-refractivity contribution in [2.45, 2.75) is 44.8 Å². The Morgan fingerprint density at radius 2 is 1.90 bits per heavy atom. The summed E-state index contributed by atoms with van der Waals surface area (Å²) in [5, 5.41) is 10.3. The minimum absolute atomic E-state index is 0.0768. The van der Waals surface area contributed by atoms with Crippen molar-refractivity contribution < 1.29 is 18.0 Å². The lowest BCUT2D eigenvalue weighted by molar-refractivity contribution is -0.138. The van der Waals surface area contributed by atoms with Gasteiger partial charge in [0, 0.05) is 25.2 Å². The lowest BCUT2D eigenvalue weighted by Crippen LogP contribution is -2.31. The number of nitrogens with zero attached hydrogens (tertiary/aromatic N) is 2. The molecule has 1 saturated carbocycles. The lowest BCUT2D eigenvalue weighted by Gasteiger charge is -2.21. The zero-order chi connectivity index (χ0) is 21.5. The molecule has 2 fully saturated rings. The van der Waals surface area contributed by atoms with Crippen LogP contribution in [-0.2, 0) is 19.1 Å². The second-order valence-electron chi connectivity index (χ2n) is 8.40. The molecule has 1 saturated heterocycles. The first-order valence-electron chi connectivity index (χ1n) is 10.5. The molecule has 0 radical (unpaired) electrons. The number of likely N-dealkylation sites (tertiary alicyclic amines) is 1. The first kappa shape index (κ1) is 20.9. The van der Waals surface area contributed by atoms with E-state index in [0.717, 1.165) is 11.3 Å². The molecule has 30 heavy (non-hydrogen) atoms. The summed E-state index contributed by atoms with van der Waals surface area (Å²) in [5.41, 5.74) is 2.20. The van der Waals surface area contributed by atoms with Gasteiger partial charge < -0.3 is 10.2 Å². The number of nitrogens with one attached hydrogen (secondary N) is 2. The van der Waals surface area contributed by atoms with Crippen LogP contribution in [-0.4, -0.2) is 41.1 Å². The number of hydrogen-bond acceptors (Lipinski definition) is 3. The van der Waals surface area contributed by atoms with Crippen molar-refractivity contribution in [3.63, 3.8) is 0 Å². The molecule has 1 aliphatic heterocycles. The Bertz CT molecular complexity index is 909. The van der Waals surface area contributed by atoms with Crippen LogP contribution in [0.4, 0.5) is 13.2 Å². The third kappa shape index (κ3) is 3.73. The van der Waals surface area contributed by atoms with Crippen LogP contribution in [0.2, 0.25) is 0 Å². The molecule has 0 spiro atoms. The highest BCUT2D eigenvalue weighted by molar-refractivity contribution is 5.94. The van der Waals surface area contributed by atoms with Gasteiger partial charge >= 0.3 is 6.18 Å². The molecule has 2 aromatic rings. The van der Waals surface area contributed by atoms with E-state index in [0.29, 0.717) is 50.2 Å². The lowest BCUT2D eigenvalue weighted by atomic mass is 9.91. The number of halogens is 3. The first-order valence-corrected chi connectivity index (χ1v) is 10.5. The maximum atomic E-state index is 13.4. The quantitative estimate of drug-likeness (QED) is 0.769. The Labute approximate surface area is 174 Å². The van der Waals surface area contributed by atoms with Gasteiger partial charge in [-0.3, -0.25) is 9.89 Å². The average molecular weight is 420 g/mol. The van der Waals surface area contributed by atoms with E-state index >= 15 is 0 Å². The van der Waals surface area contributed by atoms with Gasteiger partial charge in [0.2, 0.25) is 0 Å². The van der Waals surface area contributed by atoms with Crippen molar-refractivity contribution in [2.24, 2.45) is 11.8 Å². The van der Waals surface area contributed by atoms with Crippen molar-refractivity contribution in [3.05, 3.63) is 52.3 Å². The molecule has 2 heterocycles. The van der Waals surface area contributed by atoms with Gasteiger partial charge in [-0.15, -0.1) is 0 Å². The number of carbonyl (C=O) groups is 1.